The lowest BCUT2D eigenvalue weighted by molar-refractivity contribution is -0.146. The van der Waals surface area contributed by atoms with Crippen LogP contribution in [0.1, 0.15) is 33.1 Å². The fourth-order valence-electron chi connectivity index (χ4n) is 2.44. The van der Waals surface area contributed by atoms with Gasteiger partial charge in [0.2, 0.25) is 5.91 Å². The van der Waals surface area contributed by atoms with Gasteiger partial charge in [0, 0.05) is 7.11 Å². The van der Waals surface area contributed by atoms with Gasteiger partial charge in [-0.15, -0.1) is 0 Å². The van der Waals surface area contributed by atoms with Crippen LogP contribution >= 0.6 is 0 Å². The lowest BCUT2D eigenvalue weighted by atomic mass is 9.94. The molecule has 0 aromatic heterocycles. The van der Waals surface area contributed by atoms with Gasteiger partial charge in [0.15, 0.2) is 0 Å². The summed E-state index contributed by atoms with van der Waals surface area (Å²) >= 11 is 0. The third-order valence-corrected chi connectivity index (χ3v) is 3.65. The van der Waals surface area contributed by atoms with Crippen molar-refractivity contribution in [1.29, 1.82) is 0 Å². The Morgan fingerprint density at radius 3 is 2.44 bits per heavy atom. The van der Waals surface area contributed by atoms with Crippen molar-refractivity contribution in [3.8, 4) is 0 Å². The van der Waals surface area contributed by atoms with Crippen molar-refractivity contribution >= 4 is 11.9 Å². The summed E-state index contributed by atoms with van der Waals surface area (Å²) in [4.78, 5) is 23.2. The number of ether oxygens (including phenoxy) is 1. The fourth-order valence-corrected chi connectivity index (χ4v) is 2.44. The zero-order valence-electron chi connectivity index (χ0n) is 11.3. The van der Waals surface area contributed by atoms with Crippen LogP contribution in [-0.2, 0) is 14.3 Å². The van der Waals surface area contributed by atoms with E-state index in [1.54, 1.807) is 7.11 Å². The lowest BCUT2D eigenvalue weighted by Gasteiger charge is -2.24. The summed E-state index contributed by atoms with van der Waals surface area (Å²) in [7, 11) is 1.59. The molecule has 0 heterocycles. The van der Waals surface area contributed by atoms with E-state index < -0.39 is 11.9 Å². The molecule has 18 heavy (non-hydrogen) atoms. The van der Waals surface area contributed by atoms with Crippen LogP contribution in [0.15, 0.2) is 0 Å². The minimum atomic E-state index is -0.861. The van der Waals surface area contributed by atoms with E-state index >= 15 is 0 Å². The highest BCUT2D eigenvalue weighted by Gasteiger charge is 2.38. The highest BCUT2D eigenvalue weighted by Crippen LogP contribution is 2.32. The molecule has 1 saturated carbocycles. The monoisotopic (exact) mass is 257 g/mol. The van der Waals surface area contributed by atoms with Gasteiger partial charge in [0.1, 0.15) is 0 Å². The molecule has 0 aliphatic heterocycles. The third-order valence-electron chi connectivity index (χ3n) is 3.65. The number of carboxylic acid groups (broad SMARTS) is 1. The molecule has 3 atom stereocenters. The predicted octanol–water partition coefficient (Wildman–Crippen LogP) is 1.27. The molecule has 2 N–H and O–H groups in total. The maximum absolute atomic E-state index is 12.1. The first-order valence-electron chi connectivity index (χ1n) is 6.49. The maximum atomic E-state index is 12.1. The molecule has 0 spiro atoms. The molecule has 1 rings (SSSR count). The Morgan fingerprint density at radius 2 is 1.94 bits per heavy atom. The molecule has 0 bridgehead atoms. The standard InChI is InChI=1S/C13H23NO4/c1-8(2)11(7-18-3)14-12(15)9-5-4-6-10(9)13(16)17/h8-11H,4-7H2,1-3H3,(H,14,15)(H,16,17). The SMILES string of the molecule is COCC(NC(=O)C1CCCC1C(=O)O)C(C)C. The quantitative estimate of drug-likeness (QED) is 0.751. The molecule has 1 fully saturated rings. The Balaban J connectivity index is 2.60. The number of nitrogens with one attached hydrogen (secondary N) is 1. The number of rotatable bonds is 6. The molecule has 0 saturated heterocycles. The zero-order valence-corrected chi connectivity index (χ0v) is 11.3. The molecule has 0 radical (unpaired) electrons. The van der Waals surface area contributed by atoms with Crippen molar-refractivity contribution in [3.05, 3.63) is 0 Å². The minimum Gasteiger partial charge on any atom is -0.481 e. The molecule has 5 nitrogen and oxygen atoms in total. The van der Waals surface area contributed by atoms with E-state index in [1.165, 1.54) is 0 Å². The Hall–Kier alpha value is -1.10. The number of amides is 1. The number of carbonyl (C=O) groups excluding carboxylic acids is 1. The van der Waals surface area contributed by atoms with Crippen LogP contribution in [0, 0.1) is 17.8 Å². The van der Waals surface area contributed by atoms with Crippen molar-refractivity contribution in [1.82, 2.24) is 5.32 Å². The molecule has 1 aliphatic carbocycles. The van der Waals surface area contributed by atoms with Crippen LogP contribution < -0.4 is 5.32 Å². The van der Waals surface area contributed by atoms with Crippen LogP contribution in [0.4, 0.5) is 0 Å². The van der Waals surface area contributed by atoms with Crippen molar-refractivity contribution in [2.24, 2.45) is 17.8 Å². The lowest BCUT2D eigenvalue weighted by Crippen LogP contribution is -2.45. The first kappa shape index (κ1) is 15.0. The summed E-state index contributed by atoms with van der Waals surface area (Å²) in [5, 5.41) is 12.0. The van der Waals surface area contributed by atoms with Crippen LogP contribution in [0.5, 0.6) is 0 Å². The van der Waals surface area contributed by atoms with Gasteiger partial charge >= 0.3 is 5.97 Å². The van der Waals surface area contributed by atoms with Crippen LogP contribution in [0.25, 0.3) is 0 Å². The average Bonchev–Trinajstić information content (AvgIpc) is 2.77. The van der Waals surface area contributed by atoms with Crippen LogP contribution in [0.3, 0.4) is 0 Å². The molecule has 3 unspecified atom stereocenters. The third kappa shape index (κ3) is 3.70. The summed E-state index contributed by atoms with van der Waals surface area (Å²) in [5.74, 6) is -1.66. The van der Waals surface area contributed by atoms with Gasteiger partial charge in [-0.25, -0.2) is 0 Å². The van der Waals surface area contributed by atoms with E-state index in [-0.39, 0.29) is 23.8 Å². The molecular formula is C13H23NO4. The number of methoxy groups -OCH3 is 1. The largest absolute Gasteiger partial charge is 0.481 e. The predicted molar refractivity (Wildman–Crippen MR) is 67.1 cm³/mol. The fraction of sp³-hybridized carbons (Fsp3) is 0.846. The van der Waals surface area contributed by atoms with Gasteiger partial charge in [-0.05, 0) is 18.8 Å². The smallest absolute Gasteiger partial charge is 0.307 e. The molecule has 1 amide bonds. The normalized spacial score (nSPS) is 25.1. The second-order valence-electron chi connectivity index (χ2n) is 5.30. The minimum absolute atomic E-state index is 0.0578. The Labute approximate surface area is 108 Å². The Kier molecular flexibility index (Phi) is 5.59. The van der Waals surface area contributed by atoms with Gasteiger partial charge in [-0.1, -0.05) is 20.3 Å². The number of carboxylic acids is 1. The van der Waals surface area contributed by atoms with E-state index in [1.807, 2.05) is 13.8 Å². The zero-order chi connectivity index (χ0) is 13.7. The molecule has 1 aliphatic rings. The van der Waals surface area contributed by atoms with Gasteiger partial charge in [-0.3, -0.25) is 9.59 Å². The first-order chi connectivity index (χ1) is 8.47. The van der Waals surface area contributed by atoms with E-state index in [9.17, 15) is 9.59 Å². The molecule has 0 aromatic rings. The summed E-state index contributed by atoms with van der Waals surface area (Å²) in [5.41, 5.74) is 0. The molecule has 104 valence electrons. The summed E-state index contributed by atoms with van der Waals surface area (Å²) in [6.07, 6.45) is 2.08. The van der Waals surface area contributed by atoms with Crippen molar-refractivity contribution in [2.45, 2.75) is 39.2 Å². The van der Waals surface area contributed by atoms with E-state index in [4.69, 9.17) is 9.84 Å². The van der Waals surface area contributed by atoms with Gasteiger partial charge in [-0.2, -0.15) is 0 Å². The number of aliphatic carboxylic acids is 1. The number of carbonyl (C=O) groups is 2. The van der Waals surface area contributed by atoms with Crippen molar-refractivity contribution < 1.29 is 19.4 Å². The van der Waals surface area contributed by atoms with E-state index in [0.717, 1.165) is 6.42 Å². The van der Waals surface area contributed by atoms with Gasteiger partial charge in [0.25, 0.3) is 0 Å². The topological polar surface area (TPSA) is 75.6 Å². The summed E-state index contributed by atoms with van der Waals surface area (Å²) in [6.45, 7) is 4.47. The molecular weight excluding hydrogens is 234 g/mol. The molecule has 5 heteroatoms. The first-order valence-corrected chi connectivity index (χ1v) is 6.49. The highest BCUT2D eigenvalue weighted by atomic mass is 16.5. The second-order valence-corrected chi connectivity index (χ2v) is 5.30. The van der Waals surface area contributed by atoms with Gasteiger partial charge < -0.3 is 15.2 Å². The molecule has 0 aromatic carbocycles. The summed E-state index contributed by atoms with van der Waals surface area (Å²) in [6, 6.07) is -0.0578. The maximum Gasteiger partial charge on any atom is 0.307 e. The Bertz CT molecular complexity index is 303. The highest BCUT2D eigenvalue weighted by molar-refractivity contribution is 5.85. The van der Waals surface area contributed by atoms with E-state index in [2.05, 4.69) is 5.32 Å². The van der Waals surface area contributed by atoms with Crippen molar-refractivity contribution in [2.75, 3.05) is 13.7 Å². The van der Waals surface area contributed by atoms with Crippen molar-refractivity contribution in [3.63, 3.8) is 0 Å². The number of hydrogen-bond donors (Lipinski definition) is 2. The van der Waals surface area contributed by atoms with Gasteiger partial charge in [0.05, 0.1) is 24.5 Å². The summed E-state index contributed by atoms with van der Waals surface area (Å²) < 4.78 is 5.07. The van der Waals surface area contributed by atoms with Crippen LogP contribution in [-0.4, -0.2) is 36.7 Å². The van der Waals surface area contributed by atoms with Crippen LogP contribution in [0.2, 0.25) is 0 Å². The second kappa shape index (κ2) is 6.73. The number of hydrogen-bond acceptors (Lipinski definition) is 3. The average molecular weight is 257 g/mol. The Morgan fingerprint density at radius 1 is 1.33 bits per heavy atom. The van der Waals surface area contributed by atoms with E-state index in [0.29, 0.717) is 19.4 Å².